The molecule has 2 unspecified atom stereocenters. The maximum Gasteiger partial charge on any atom is 0.251 e. The highest BCUT2D eigenvalue weighted by Crippen LogP contribution is 2.32. The smallest absolute Gasteiger partial charge is 0.251 e. The molecule has 5 nitrogen and oxygen atoms in total. The van der Waals surface area contributed by atoms with Crippen LogP contribution in [0.2, 0.25) is 0 Å². The van der Waals surface area contributed by atoms with E-state index in [1.807, 2.05) is 19.1 Å². The Bertz CT molecular complexity index is 714. The molecule has 1 aromatic carbocycles. The van der Waals surface area contributed by atoms with Gasteiger partial charge in [-0.1, -0.05) is 0 Å². The van der Waals surface area contributed by atoms with Gasteiger partial charge in [0, 0.05) is 24.6 Å². The van der Waals surface area contributed by atoms with Gasteiger partial charge < -0.3 is 9.73 Å². The molecular weight excluding hydrogens is 278 g/mol. The maximum atomic E-state index is 12.6. The van der Waals surface area contributed by atoms with Crippen molar-refractivity contribution >= 4 is 17.0 Å². The second-order valence-electron chi connectivity index (χ2n) is 6.53. The normalized spacial score (nSPS) is 30.6. The van der Waals surface area contributed by atoms with Crippen LogP contribution in [0, 0.1) is 12.8 Å². The largest absolute Gasteiger partial charge is 0.441 e. The molecule has 116 valence electrons. The van der Waals surface area contributed by atoms with Crippen LogP contribution in [-0.2, 0) is 0 Å². The number of piperidine rings is 3. The van der Waals surface area contributed by atoms with Crippen molar-refractivity contribution in [3.8, 4) is 0 Å². The number of nitrogens with zero attached hydrogens (tertiary/aromatic N) is 2. The summed E-state index contributed by atoms with van der Waals surface area (Å²) in [6, 6.07) is 6.14. The Morgan fingerprint density at radius 3 is 2.86 bits per heavy atom. The number of nitrogens with one attached hydrogen (secondary N) is 1. The standard InChI is InChI=1S/C17H21N3O2/c1-10-16(12-5-7-20(10)8-6-12)19-17(21)13-3-4-14-15(9-13)22-11(2)18-14/h3-4,9-10,12,16H,5-8H2,1-2H3,(H,19,21). The van der Waals surface area contributed by atoms with Crippen molar-refractivity contribution < 1.29 is 9.21 Å². The summed E-state index contributed by atoms with van der Waals surface area (Å²) in [6.07, 6.45) is 2.38. The lowest BCUT2D eigenvalue weighted by Crippen LogP contribution is -2.62. The molecule has 5 heteroatoms. The van der Waals surface area contributed by atoms with Crippen molar-refractivity contribution in [2.24, 2.45) is 5.92 Å². The molecule has 0 saturated carbocycles. The van der Waals surface area contributed by atoms with Crippen LogP contribution < -0.4 is 5.32 Å². The Labute approximate surface area is 129 Å². The number of oxazole rings is 1. The molecule has 0 spiro atoms. The second kappa shape index (κ2) is 5.09. The number of aromatic nitrogens is 1. The number of hydrogen-bond acceptors (Lipinski definition) is 4. The first-order chi connectivity index (χ1) is 10.6. The van der Waals surface area contributed by atoms with Gasteiger partial charge in [-0.05, 0) is 57.0 Å². The lowest BCUT2D eigenvalue weighted by molar-refractivity contribution is 0.0217. The van der Waals surface area contributed by atoms with Gasteiger partial charge in [-0.25, -0.2) is 4.98 Å². The third-order valence-corrected chi connectivity index (χ3v) is 5.23. The fourth-order valence-corrected chi connectivity index (χ4v) is 3.96. The molecule has 4 heterocycles. The average Bonchev–Trinajstić information content (AvgIpc) is 2.90. The van der Waals surface area contributed by atoms with Gasteiger partial charge in [0.25, 0.3) is 5.91 Å². The van der Waals surface area contributed by atoms with Crippen LogP contribution in [0.25, 0.3) is 11.1 Å². The van der Waals surface area contributed by atoms with Gasteiger partial charge in [-0.3, -0.25) is 9.69 Å². The first kappa shape index (κ1) is 13.8. The van der Waals surface area contributed by atoms with Gasteiger partial charge >= 0.3 is 0 Å². The van der Waals surface area contributed by atoms with E-state index in [9.17, 15) is 4.79 Å². The number of carbonyl (C=O) groups is 1. The Kier molecular flexibility index (Phi) is 3.18. The molecule has 1 aromatic heterocycles. The number of amides is 1. The van der Waals surface area contributed by atoms with Crippen LogP contribution in [0.3, 0.4) is 0 Å². The molecular formula is C17H21N3O2. The molecule has 5 rings (SSSR count). The van der Waals surface area contributed by atoms with Gasteiger partial charge in [-0.2, -0.15) is 0 Å². The van der Waals surface area contributed by atoms with Crippen LogP contribution in [0.5, 0.6) is 0 Å². The molecule has 3 fully saturated rings. The van der Waals surface area contributed by atoms with Gasteiger partial charge in [-0.15, -0.1) is 0 Å². The summed E-state index contributed by atoms with van der Waals surface area (Å²) in [6.45, 7) is 6.37. The zero-order chi connectivity index (χ0) is 15.3. The quantitative estimate of drug-likeness (QED) is 0.925. The summed E-state index contributed by atoms with van der Waals surface area (Å²) in [5.41, 5.74) is 2.12. The number of carbonyl (C=O) groups excluding carboxylic acids is 1. The number of benzene rings is 1. The molecule has 0 aliphatic carbocycles. The first-order valence-corrected chi connectivity index (χ1v) is 8.04. The fraction of sp³-hybridized carbons (Fsp3) is 0.529. The van der Waals surface area contributed by atoms with Gasteiger partial charge in [0.15, 0.2) is 11.5 Å². The van der Waals surface area contributed by atoms with Crippen LogP contribution in [0.15, 0.2) is 22.6 Å². The topological polar surface area (TPSA) is 58.4 Å². The summed E-state index contributed by atoms with van der Waals surface area (Å²) >= 11 is 0. The minimum absolute atomic E-state index is 0.0125. The van der Waals surface area contributed by atoms with Crippen molar-refractivity contribution in [1.29, 1.82) is 0 Å². The van der Waals surface area contributed by atoms with Gasteiger partial charge in [0.2, 0.25) is 0 Å². The van der Waals surface area contributed by atoms with E-state index in [2.05, 4.69) is 22.1 Å². The molecule has 3 aliphatic heterocycles. The molecule has 3 aliphatic rings. The number of fused-ring (bicyclic) bond motifs is 4. The van der Waals surface area contributed by atoms with Crippen molar-refractivity contribution in [3.63, 3.8) is 0 Å². The summed E-state index contributed by atoms with van der Waals surface area (Å²) in [5.74, 6) is 1.22. The molecule has 22 heavy (non-hydrogen) atoms. The average molecular weight is 299 g/mol. The summed E-state index contributed by atoms with van der Waals surface area (Å²) in [7, 11) is 0. The van der Waals surface area contributed by atoms with Crippen LogP contribution in [0.4, 0.5) is 0 Å². The Hall–Kier alpha value is -1.88. The molecule has 3 saturated heterocycles. The van der Waals surface area contributed by atoms with E-state index in [1.54, 1.807) is 6.07 Å². The van der Waals surface area contributed by atoms with Gasteiger partial charge in [0.05, 0.1) is 0 Å². The van der Waals surface area contributed by atoms with E-state index in [0.717, 1.165) is 5.52 Å². The highest BCUT2D eigenvalue weighted by Gasteiger charge is 2.40. The minimum Gasteiger partial charge on any atom is -0.441 e. The Morgan fingerprint density at radius 2 is 2.14 bits per heavy atom. The Balaban J connectivity index is 1.55. The Morgan fingerprint density at radius 1 is 1.36 bits per heavy atom. The molecule has 2 atom stereocenters. The number of rotatable bonds is 2. The molecule has 2 aromatic rings. The molecule has 1 amide bonds. The summed E-state index contributed by atoms with van der Waals surface area (Å²) in [4.78, 5) is 19.3. The predicted molar refractivity (Wildman–Crippen MR) is 83.8 cm³/mol. The van der Waals surface area contributed by atoms with E-state index in [0.29, 0.717) is 29.0 Å². The first-order valence-electron chi connectivity index (χ1n) is 8.04. The highest BCUT2D eigenvalue weighted by molar-refractivity contribution is 5.97. The summed E-state index contributed by atoms with van der Waals surface area (Å²) in [5, 5.41) is 3.25. The minimum atomic E-state index is -0.0125. The zero-order valence-corrected chi connectivity index (χ0v) is 13.0. The second-order valence-corrected chi connectivity index (χ2v) is 6.53. The fourth-order valence-electron chi connectivity index (χ4n) is 3.96. The van der Waals surface area contributed by atoms with Crippen molar-refractivity contribution in [3.05, 3.63) is 29.7 Å². The predicted octanol–water partition coefficient (Wildman–Crippen LogP) is 2.35. The van der Waals surface area contributed by atoms with Crippen LogP contribution >= 0.6 is 0 Å². The van der Waals surface area contributed by atoms with E-state index in [1.165, 1.54) is 25.9 Å². The molecule has 1 N–H and O–H groups in total. The maximum absolute atomic E-state index is 12.6. The lowest BCUT2D eigenvalue weighted by atomic mass is 9.79. The number of hydrogen-bond donors (Lipinski definition) is 1. The third kappa shape index (κ3) is 2.20. The lowest BCUT2D eigenvalue weighted by Gasteiger charge is -2.49. The van der Waals surface area contributed by atoms with E-state index < -0.39 is 0 Å². The van der Waals surface area contributed by atoms with Crippen molar-refractivity contribution in [2.45, 2.75) is 38.8 Å². The molecule has 2 bridgehead atoms. The monoisotopic (exact) mass is 299 g/mol. The van der Waals surface area contributed by atoms with Crippen LogP contribution in [0.1, 0.15) is 36.0 Å². The van der Waals surface area contributed by atoms with E-state index >= 15 is 0 Å². The van der Waals surface area contributed by atoms with Crippen LogP contribution in [-0.4, -0.2) is 41.0 Å². The summed E-state index contributed by atoms with van der Waals surface area (Å²) < 4.78 is 5.52. The zero-order valence-electron chi connectivity index (χ0n) is 13.0. The van der Waals surface area contributed by atoms with Crippen molar-refractivity contribution in [1.82, 2.24) is 15.2 Å². The SMILES string of the molecule is Cc1nc2ccc(C(=O)NC3C4CCN(CC4)C3C)cc2o1. The van der Waals surface area contributed by atoms with E-state index in [4.69, 9.17) is 4.42 Å². The van der Waals surface area contributed by atoms with Gasteiger partial charge in [0.1, 0.15) is 5.52 Å². The highest BCUT2D eigenvalue weighted by atomic mass is 16.3. The molecule has 0 radical (unpaired) electrons. The third-order valence-electron chi connectivity index (χ3n) is 5.23. The number of aryl methyl sites for hydroxylation is 1. The van der Waals surface area contributed by atoms with Crippen molar-refractivity contribution in [2.75, 3.05) is 13.1 Å². The van der Waals surface area contributed by atoms with E-state index in [-0.39, 0.29) is 11.9 Å².